The van der Waals surface area contributed by atoms with Gasteiger partial charge in [-0.15, -0.1) is 0 Å². The molecule has 5 nitrogen and oxygen atoms in total. The van der Waals surface area contributed by atoms with Gasteiger partial charge in [0.15, 0.2) is 0 Å². The summed E-state index contributed by atoms with van der Waals surface area (Å²) in [7, 11) is 1.68. The maximum Gasteiger partial charge on any atom is 0.238 e. The highest BCUT2D eigenvalue weighted by molar-refractivity contribution is 5.94. The Hall–Kier alpha value is -2.73. The Balaban J connectivity index is 1.79. The van der Waals surface area contributed by atoms with Gasteiger partial charge in [-0.1, -0.05) is 12.1 Å². The molecule has 2 rings (SSSR count). The third-order valence-corrected chi connectivity index (χ3v) is 3.26. The standard InChI is InChI=1S/C18H20FN3O2/c1-13-4-3-5-16(10-13)21-18(24)12-22(2)11-17(23)20-15-8-6-14(19)7-9-15/h3-10H,11-12H2,1-2H3,(H,20,23)(H,21,24). The van der Waals surface area contributed by atoms with Gasteiger partial charge in [-0.05, 0) is 55.9 Å². The van der Waals surface area contributed by atoms with Crippen molar-refractivity contribution in [3.63, 3.8) is 0 Å². The topological polar surface area (TPSA) is 61.4 Å². The van der Waals surface area contributed by atoms with Crippen LogP contribution in [0.5, 0.6) is 0 Å². The number of hydrogen-bond acceptors (Lipinski definition) is 3. The summed E-state index contributed by atoms with van der Waals surface area (Å²) in [6.45, 7) is 2.09. The van der Waals surface area contributed by atoms with Gasteiger partial charge in [-0.2, -0.15) is 0 Å². The molecule has 0 bridgehead atoms. The van der Waals surface area contributed by atoms with E-state index < -0.39 is 0 Å². The van der Waals surface area contributed by atoms with Gasteiger partial charge in [-0.3, -0.25) is 14.5 Å². The average molecular weight is 329 g/mol. The first-order chi connectivity index (χ1) is 11.4. The van der Waals surface area contributed by atoms with E-state index in [0.717, 1.165) is 11.3 Å². The van der Waals surface area contributed by atoms with Crippen molar-refractivity contribution in [3.05, 3.63) is 59.9 Å². The first-order valence-electron chi connectivity index (χ1n) is 7.53. The fourth-order valence-corrected chi connectivity index (χ4v) is 2.20. The van der Waals surface area contributed by atoms with Crippen molar-refractivity contribution < 1.29 is 14.0 Å². The molecule has 2 aromatic rings. The molecule has 0 aliphatic carbocycles. The van der Waals surface area contributed by atoms with E-state index in [1.165, 1.54) is 24.3 Å². The molecule has 0 saturated carbocycles. The Bertz CT molecular complexity index is 716. The Morgan fingerprint density at radius 1 is 0.958 bits per heavy atom. The van der Waals surface area contributed by atoms with Crippen LogP contribution in [-0.4, -0.2) is 36.9 Å². The lowest BCUT2D eigenvalue weighted by Gasteiger charge is -2.16. The van der Waals surface area contributed by atoms with Crippen LogP contribution >= 0.6 is 0 Å². The zero-order chi connectivity index (χ0) is 17.5. The number of benzene rings is 2. The Labute approximate surface area is 140 Å². The largest absolute Gasteiger partial charge is 0.325 e. The number of nitrogens with zero attached hydrogens (tertiary/aromatic N) is 1. The highest BCUT2D eigenvalue weighted by atomic mass is 19.1. The molecule has 6 heteroatoms. The normalized spacial score (nSPS) is 10.5. The molecule has 0 radical (unpaired) electrons. The quantitative estimate of drug-likeness (QED) is 0.856. The molecule has 0 aliphatic rings. The van der Waals surface area contributed by atoms with Crippen molar-refractivity contribution in [2.45, 2.75) is 6.92 Å². The fraction of sp³-hybridized carbons (Fsp3) is 0.222. The number of carbonyl (C=O) groups is 2. The van der Waals surface area contributed by atoms with E-state index >= 15 is 0 Å². The molecular weight excluding hydrogens is 309 g/mol. The number of nitrogens with one attached hydrogen (secondary N) is 2. The summed E-state index contributed by atoms with van der Waals surface area (Å²) in [5, 5.41) is 5.44. The van der Waals surface area contributed by atoms with Crippen molar-refractivity contribution in [2.75, 3.05) is 30.8 Å². The van der Waals surface area contributed by atoms with Gasteiger partial charge < -0.3 is 10.6 Å². The maximum absolute atomic E-state index is 12.8. The van der Waals surface area contributed by atoms with Gasteiger partial charge in [0.1, 0.15) is 5.82 Å². The predicted octanol–water partition coefficient (Wildman–Crippen LogP) is 2.64. The average Bonchev–Trinajstić information content (AvgIpc) is 2.49. The number of halogens is 1. The van der Waals surface area contributed by atoms with Crippen LogP contribution in [0.2, 0.25) is 0 Å². The summed E-state index contributed by atoms with van der Waals surface area (Å²) in [4.78, 5) is 25.5. The molecule has 0 heterocycles. The Kier molecular flexibility index (Phi) is 6.03. The van der Waals surface area contributed by atoms with Crippen molar-refractivity contribution in [1.29, 1.82) is 0 Å². The summed E-state index contributed by atoms with van der Waals surface area (Å²) in [6.07, 6.45) is 0. The van der Waals surface area contributed by atoms with Crippen molar-refractivity contribution in [1.82, 2.24) is 4.90 Å². The number of likely N-dealkylation sites (N-methyl/N-ethyl adjacent to an activating group) is 1. The number of aryl methyl sites for hydroxylation is 1. The third-order valence-electron chi connectivity index (χ3n) is 3.26. The molecule has 24 heavy (non-hydrogen) atoms. The monoisotopic (exact) mass is 329 g/mol. The van der Waals surface area contributed by atoms with E-state index in [-0.39, 0.29) is 30.7 Å². The number of carbonyl (C=O) groups excluding carboxylic acids is 2. The number of anilines is 2. The van der Waals surface area contributed by atoms with Crippen molar-refractivity contribution >= 4 is 23.2 Å². The van der Waals surface area contributed by atoms with Crippen LogP contribution in [-0.2, 0) is 9.59 Å². The molecule has 0 aliphatic heterocycles. The first-order valence-corrected chi connectivity index (χ1v) is 7.53. The van der Waals surface area contributed by atoms with Gasteiger partial charge in [0, 0.05) is 11.4 Å². The van der Waals surface area contributed by atoms with Gasteiger partial charge >= 0.3 is 0 Å². The molecule has 0 fully saturated rings. The van der Waals surface area contributed by atoms with Crippen LogP contribution in [0.4, 0.5) is 15.8 Å². The van der Waals surface area contributed by atoms with Crippen molar-refractivity contribution in [3.8, 4) is 0 Å². The predicted molar refractivity (Wildman–Crippen MR) is 92.3 cm³/mol. The Morgan fingerprint density at radius 3 is 2.12 bits per heavy atom. The van der Waals surface area contributed by atoms with Crippen LogP contribution in [0.3, 0.4) is 0 Å². The molecule has 0 unspecified atom stereocenters. The minimum absolute atomic E-state index is 0.0542. The molecule has 0 aromatic heterocycles. The minimum atomic E-state index is -0.363. The van der Waals surface area contributed by atoms with E-state index in [1.807, 2.05) is 31.2 Å². The Morgan fingerprint density at radius 2 is 1.54 bits per heavy atom. The molecule has 0 saturated heterocycles. The summed E-state index contributed by atoms with van der Waals surface area (Å²) in [5.41, 5.74) is 2.29. The lowest BCUT2D eigenvalue weighted by atomic mass is 10.2. The van der Waals surface area contributed by atoms with E-state index in [0.29, 0.717) is 5.69 Å². The maximum atomic E-state index is 12.8. The molecule has 0 spiro atoms. The second-order valence-electron chi connectivity index (χ2n) is 5.65. The van der Waals surface area contributed by atoms with E-state index in [9.17, 15) is 14.0 Å². The third kappa shape index (κ3) is 5.81. The highest BCUT2D eigenvalue weighted by Crippen LogP contribution is 2.10. The van der Waals surface area contributed by atoms with E-state index in [4.69, 9.17) is 0 Å². The van der Waals surface area contributed by atoms with Gasteiger partial charge in [-0.25, -0.2) is 4.39 Å². The first kappa shape index (κ1) is 17.6. The zero-order valence-corrected chi connectivity index (χ0v) is 13.7. The van der Waals surface area contributed by atoms with Gasteiger partial charge in [0.05, 0.1) is 13.1 Å². The van der Waals surface area contributed by atoms with E-state index in [2.05, 4.69) is 10.6 Å². The molecule has 2 amide bonds. The second-order valence-corrected chi connectivity index (χ2v) is 5.65. The molecule has 2 N–H and O–H groups in total. The highest BCUT2D eigenvalue weighted by Gasteiger charge is 2.11. The number of amides is 2. The second kappa shape index (κ2) is 8.21. The van der Waals surface area contributed by atoms with Crippen LogP contribution in [0.1, 0.15) is 5.56 Å². The van der Waals surface area contributed by atoms with Gasteiger partial charge in [0.2, 0.25) is 11.8 Å². The van der Waals surface area contributed by atoms with Crippen molar-refractivity contribution in [2.24, 2.45) is 0 Å². The lowest BCUT2D eigenvalue weighted by Crippen LogP contribution is -2.36. The summed E-state index contributed by atoms with van der Waals surface area (Å²) < 4.78 is 12.8. The van der Waals surface area contributed by atoms with Crippen LogP contribution in [0.15, 0.2) is 48.5 Å². The minimum Gasteiger partial charge on any atom is -0.325 e. The number of rotatable bonds is 6. The summed E-state index contributed by atoms with van der Waals surface area (Å²) in [5.74, 6) is -0.830. The smallest absolute Gasteiger partial charge is 0.238 e. The SMILES string of the molecule is Cc1cccc(NC(=O)CN(C)CC(=O)Nc2ccc(F)cc2)c1. The van der Waals surface area contributed by atoms with E-state index in [1.54, 1.807) is 11.9 Å². The molecule has 2 aromatic carbocycles. The fourth-order valence-electron chi connectivity index (χ4n) is 2.20. The molecule has 126 valence electrons. The van der Waals surface area contributed by atoms with Crippen LogP contribution in [0.25, 0.3) is 0 Å². The number of hydrogen-bond donors (Lipinski definition) is 2. The zero-order valence-electron chi connectivity index (χ0n) is 13.7. The molecule has 0 atom stereocenters. The van der Waals surface area contributed by atoms with Gasteiger partial charge in [0.25, 0.3) is 0 Å². The van der Waals surface area contributed by atoms with Crippen LogP contribution < -0.4 is 10.6 Å². The molecular formula is C18H20FN3O2. The lowest BCUT2D eigenvalue weighted by molar-refractivity contribution is -0.119. The summed E-state index contributed by atoms with van der Waals surface area (Å²) in [6, 6.07) is 13.0. The van der Waals surface area contributed by atoms with Crippen LogP contribution in [0, 0.1) is 12.7 Å². The summed E-state index contributed by atoms with van der Waals surface area (Å²) >= 11 is 0.